The van der Waals surface area contributed by atoms with E-state index in [9.17, 15) is 0 Å². The lowest BCUT2D eigenvalue weighted by molar-refractivity contribution is 0.175. The molecule has 4 heteroatoms. The van der Waals surface area contributed by atoms with Gasteiger partial charge in [0.1, 0.15) is 0 Å². The number of aryl methyl sites for hydroxylation is 1. The van der Waals surface area contributed by atoms with E-state index in [1.165, 1.54) is 24.8 Å². The summed E-state index contributed by atoms with van der Waals surface area (Å²) in [6.45, 7) is 5.00. The fourth-order valence-corrected chi connectivity index (χ4v) is 3.79. The molecule has 2 bridgehead atoms. The summed E-state index contributed by atoms with van der Waals surface area (Å²) in [5.41, 5.74) is 8.41. The number of hydrogen-bond acceptors (Lipinski definition) is 4. The van der Waals surface area contributed by atoms with Crippen LogP contribution >= 0.6 is 0 Å². The van der Waals surface area contributed by atoms with E-state index in [0.717, 1.165) is 24.8 Å². The fraction of sp³-hybridized carbons (Fsp3) is 0.688. The van der Waals surface area contributed by atoms with Gasteiger partial charge in [-0.05, 0) is 44.9 Å². The first-order valence-electron chi connectivity index (χ1n) is 7.77. The van der Waals surface area contributed by atoms with Crippen LogP contribution in [0.4, 0.5) is 0 Å². The molecule has 1 aromatic rings. The van der Waals surface area contributed by atoms with Gasteiger partial charge in [0, 0.05) is 49.7 Å². The normalized spacial score (nSPS) is 29.4. The number of rotatable bonds is 3. The Morgan fingerprint density at radius 3 is 2.80 bits per heavy atom. The predicted molar refractivity (Wildman–Crippen MR) is 81.5 cm³/mol. The Morgan fingerprint density at radius 1 is 1.30 bits per heavy atom. The van der Waals surface area contributed by atoms with Crippen molar-refractivity contribution in [1.29, 1.82) is 0 Å². The van der Waals surface area contributed by atoms with Crippen LogP contribution < -0.4 is 5.73 Å². The Bertz CT molecular complexity index is 444. The third kappa shape index (κ3) is 2.60. The Kier molecular flexibility index (Phi) is 4.06. The van der Waals surface area contributed by atoms with Crippen LogP contribution in [0.2, 0.25) is 0 Å². The van der Waals surface area contributed by atoms with E-state index in [0.29, 0.717) is 18.6 Å². The average Bonchev–Trinajstić information content (AvgIpc) is 2.69. The molecule has 2 N–H and O–H groups in total. The molecule has 2 fully saturated rings. The second-order valence-corrected chi connectivity index (χ2v) is 6.32. The van der Waals surface area contributed by atoms with Crippen LogP contribution in [0.3, 0.4) is 0 Å². The zero-order valence-corrected chi connectivity index (χ0v) is 12.6. The molecule has 2 saturated heterocycles. The van der Waals surface area contributed by atoms with Crippen molar-refractivity contribution >= 4 is 0 Å². The summed E-state index contributed by atoms with van der Waals surface area (Å²) in [5, 5.41) is 0. The number of nitrogens with two attached hydrogens (primary N) is 1. The summed E-state index contributed by atoms with van der Waals surface area (Å²) in [6.07, 6.45) is 5.97. The molecule has 3 unspecified atom stereocenters. The van der Waals surface area contributed by atoms with Crippen molar-refractivity contribution in [2.24, 2.45) is 5.73 Å². The molecule has 0 aromatic carbocycles. The van der Waals surface area contributed by atoms with Crippen LogP contribution in [-0.2, 0) is 0 Å². The first-order valence-corrected chi connectivity index (χ1v) is 7.77. The van der Waals surface area contributed by atoms with Crippen LogP contribution in [0, 0.1) is 6.92 Å². The lowest BCUT2D eigenvalue weighted by atomic mass is 10.0. The third-order valence-electron chi connectivity index (χ3n) is 5.16. The molecule has 0 spiro atoms. The molecule has 2 aliphatic heterocycles. The smallest absolute Gasteiger partial charge is 0.0486 e. The van der Waals surface area contributed by atoms with E-state index in [4.69, 9.17) is 5.73 Å². The van der Waals surface area contributed by atoms with Gasteiger partial charge < -0.3 is 5.73 Å². The van der Waals surface area contributed by atoms with E-state index < -0.39 is 0 Å². The monoisotopic (exact) mass is 274 g/mol. The van der Waals surface area contributed by atoms with Crippen LogP contribution in [-0.4, -0.2) is 53.5 Å². The van der Waals surface area contributed by atoms with E-state index >= 15 is 0 Å². The molecule has 0 aliphatic carbocycles. The summed E-state index contributed by atoms with van der Waals surface area (Å²) in [4.78, 5) is 9.60. The number of likely N-dealkylation sites (tertiary alicyclic amines) is 1. The maximum absolute atomic E-state index is 6.07. The Balaban J connectivity index is 1.77. The van der Waals surface area contributed by atoms with E-state index in [2.05, 4.69) is 34.0 Å². The van der Waals surface area contributed by atoms with Gasteiger partial charge in [-0.3, -0.25) is 14.8 Å². The summed E-state index contributed by atoms with van der Waals surface area (Å²) in [7, 11) is 2.29. The van der Waals surface area contributed by atoms with Gasteiger partial charge in [0.05, 0.1) is 0 Å². The van der Waals surface area contributed by atoms with Crippen LogP contribution in [0.5, 0.6) is 0 Å². The number of likely N-dealkylation sites (N-methyl/N-ethyl adjacent to an activating group) is 1. The quantitative estimate of drug-likeness (QED) is 0.908. The van der Waals surface area contributed by atoms with Crippen molar-refractivity contribution < 1.29 is 0 Å². The third-order valence-corrected chi connectivity index (χ3v) is 5.16. The summed E-state index contributed by atoms with van der Waals surface area (Å²) < 4.78 is 0. The second-order valence-electron chi connectivity index (χ2n) is 6.32. The predicted octanol–water partition coefficient (Wildman–Crippen LogP) is 1.56. The molecule has 2 aliphatic rings. The number of hydrogen-bond donors (Lipinski definition) is 1. The molecule has 0 radical (unpaired) electrons. The molecule has 0 amide bonds. The van der Waals surface area contributed by atoms with Crippen molar-refractivity contribution in [3.8, 4) is 0 Å². The van der Waals surface area contributed by atoms with E-state index in [1.54, 1.807) is 0 Å². The number of pyridine rings is 1. The number of nitrogens with zero attached hydrogens (tertiary/aromatic N) is 3. The van der Waals surface area contributed by atoms with Crippen LogP contribution in [0.25, 0.3) is 0 Å². The van der Waals surface area contributed by atoms with Crippen molar-refractivity contribution in [2.75, 3.05) is 26.7 Å². The molecule has 3 rings (SSSR count). The molecule has 3 atom stereocenters. The zero-order chi connectivity index (χ0) is 14.1. The van der Waals surface area contributed by atoms with E-state index in [1.807, 2.05) is 13.1 Å². The Hall–Kier alpha value is -0.970. The molecule has 3 heterocycles. The molecular weight excluding hydrogens is 248 g/mol. The van der Waals surface area contributed by atoms with Gasteiger partial charge in [0.2, 0.25) is 0 Å². The fourth-order valence-electron chi connectivity index (χ4n) is 3.79. The molecular formula is C16H26N4. The van der Waals surface area contributed by atoms with Crippen LogP contribution in [0.15, 0.2) is 18.3 Å². The first-order chi connectivity index (χ1) is 9.69. The summed E-state index contributed by atoms with van der Waals surface area (Å²) >= 11 is 0. The topological polar surface area (TPSA) is 45.4 Å². The minimum atomic E-state index is 0.316. The molecule has 4 nitrogen and oxygen atoms in total. The highest BCUT2D eigenvalue weighted by Crippen LogP contribution is 2.31. The highest BCUT2D eigenvalue weighted by molar-refractivity contribution is 5.18. The summed E-state index contributed by atoms with van der Waals surface area (Å²) in [6, 6.07) is 6.08. The van der Waals surface area contributed by atoms with Crippen molar-refractivity contribution in [2.45, 2.75) is 44.3 Å². The molecule has 1 aromatic heterocycles. The zero-order valence-electron chi connectivity index (χ0n) is 12.6. The molecule has 0 saturated carbocycles. The maximum Gasteiger partial charge on any atom is 0.0486 e. The Morgan fingerprint density at radius 2 is 2.10 bits per heavy atom. The standard InChI is InChI=1S/C16H26N4/c1-12-3-4-13(10-18-12)16(9-17)20-8-7-14-5-6-15(11-20)19(14)2/h3-4,10,14-16H,5-9,11,17H2,1-2H3. The van der Waals surface area contributed by atoms with Gasteiger partial charge in [0.15, 0.2) is 0 Å². The highest BCUT2D eigenvalue weighted by Gasteiger charge is 2.36. The Labute approximate surface area is 122 Å². The second kappa shape index (κ2) is 5.80. The number of fused-ring (bicyclic) bond motifs is 2. The first kappa shape index (κ1) is 14.0. The van der Waals surface area contributed by atoms with Gasteiger partial charge in [-0.25, -0.2) is 0 Å². The lowest BCUT2D eigenvalue weighted by Crippen LogP contribution is -2.40. The van der Waals surface area contributed by atoms with Crippen molar-refractivity contribution in [1.82, 2.24) is 14.8 Å². The van der Waals surface area contributed by atoms with Gasteiger partial charge in [-0.15, -0.1) is 0 Å². The number of aromatic nitrogens is 1. The lowest BCUT2D eigenvalue weighted by Gasteiger charge is -2.32. The van der Waals surface area contributed by atoms with Crippen molar-refractivity contribution in [3.05, 3.63) is 29.6 Å². The van der Waals surface area contributed by atoms with Crippen molar-refractivity contribution in [3.63, 3.8) is 0 Å². The maximum atomic E-state index is 6.07. The van der Waals surface area contributed by atoms with E-state index in [-0.39, 0.29) is 0 Å². The largest absolute Gasteiger partial charge is 0.329 e. The summed E-state index contributed by atoms with van der Waals surface area (Å²) in [5.74, 6) is 0. The average molecular weight is 274 g/mol. The van der Waals surface area contributed by atoms with Gasteiger partial charge in [-0.2, -0.15) is 0 Å². The molecule has 20 heavy (non-hydrogen) atoms. The van der Waals surface area contributed by atoms with Gasteiger partial charge >= 0.3 is 0 Å². The van der Waals surface area contributed by atoms with Gasteiger partial charge in [-0.1, -0.05) is 6.07 Å². The van der Waals surface area contributed by atoms with Crippen LogP contribution in [0.1, 0.15) is 36.6 Å². The SMILES string of the molecule is Cc1ccc(C(CN)N2CCC3CCC(C2)N3C)cn1. The van der Waals surface area contributed by atoms with Gasteiger partial charge in [0.25, 0.3) is 0 Å². The minimum absolute atomic E-state index is 0.316. The highest BCUT2D eigenvalue weighted by atomic mass is 15.3. The minimum Gasteiger partial charge on any atom is -0.329 e. The molecule has 110 valence electrons.